The van der Waals surface area contributed by atoms with Gasteiger partial charge in [-0.3, -0.25) is 0 Å². The summed E-state index contributed by atoms with van der Waals surface area (Å²) in [7, 11) is 0. The van der Waals surface area contributed by atoms with Crippen LogP contribution in [0.5, 0.6) is 5.75 Å². The Morgan fingerprint density at radius 1 is 1.21 bits per heavy atom. The van der Waals surface area contributed by atoms with Crippen LogP contribution < -0.4 is 15.4 Å². The highest BCUT2D eigenvalue weighted by Crippen LogP contribution is 2.19. The molecule has 1 aliphatic heterocycles. The maximum Gasteiger partial charge on any atom is 0.422 e. The minimum atomic E-state index is -4.33. The molecular formula is C20H31F3N4O. The molecule has 0 saturated carbocycles. The molecule has 1 aliphatic rings. The number of likely N-dealkylation sites (tertiary alicyclic amines) is 1. The predicted octanol–water partition coefficient (Wildman–Crippen LogP) is 3.56. The number of nitrogens with one attached hydrogen (secondary N) is 2. The number of benzene rings is 1. The molecule has 1 aromatic rings. The van der Waals surface area contributed by atoms with Crippen LogP contribution in [-0.4, -0.2) is 55.4 Å². The smallest absolute Gasteiger partial charge is 0.422 e. The molecular weight excluding hydrogens is 369 g/mol. The third-order valence-corrected chi connectivity index (χ3v) is 4.69. The first-order valence-corrected chi connectivity index (χ1v) is 9.84. The lowest BCUT2D eigenvalue weighted by Gasteiger charge is -2.35. The molecule has 8 heteroatoms. The van der Waals surface area contributed by atoms with E-state index in [-0.39, 0.29) is 5.75 Å². The van der Waals surface area contributed by atoms with Gasteiger partial charge < -0.3 is 20.3 Å². The second-order valence-corrected chi connectivity index (χ2v) is 7.29. The third-order valence-electron chi connectivity index (χ3n) is 4.69. The second kappa shape index (κ2) is 10.5. The van der Waals surface area contributed by atoms with Crippen molar-refractivity contribution in [3.63, 3.8) is 0 Å². The Morgan fingerprint density at radius 3 is 2.39 bits per heavy atom. The minimum Gasteiger partial charge on any atom is -0.484 e. The molecule has 0 aliphatic carbocycles. The van der Waals surface area contributed by atoms with Gasteiger partial charge in [0.1, 0.15) is 5.75 Å². The van der Waals surface area contributed by atoms with Crippen molar-refractivity contribution < 1.29 is 17.9 Å². The van der Waals surface area contributed by atoms with Crippen LogP contribution in [-0.2, 0) is 6.54 Å². The van der Waals surface area contributed by atoms with Crippen molar-refractivity contribution in [2.24, 2.45) is 4.99 Å². The van der Waals surface area contributed by atoms with Crippen molar-refractivity contribution in [3.8, 4) is 5.75 Å². The summed E-state index contributed by atoms with van der Waals surface area (Å²) in [5.74, 6) is 0.967. The molecule has 0 radical (unpaired) electrons. The second-order valence-electron chi connectivity index (χ2n) is 7.29. The van der Waals surface area contributed by atoms with E-state index in [2.05, 4.69) is 34.4 Å². The molecule has 0 amide bonds. The summed E-state index contributed by atoms with van der Waals surface area (Å²) in [6.07, 6.45) is -2.18. The number of hydrogen-bond acceptors (Lipinski definition) is 3. The van der Waals surface area contributed by atoms with Gasteiger partial charge in [0.25, 0.3) is 0 Å². The molecule has 5 nitrogen and oxygen atoms in total. The van der Waals surface area contributed by atoms with Crippen molar-refractivity contribution in [2.45, 2.75) is 58.4 Å². The topological polar surface area (TPSA) is 48.9 Å². The lowest BCUT2D eigenvalue weighted by molar-refractivity contribution is -0.153. The molecule has 0 unspecified atom stereocenters. The predicted molar refractivity (Wildman–Crippen MR) is 106 cm³/mol. The Labute approximate surface area is 165 Å². The van der Waals surface area contributed by atoms with Crippen molar-refractivity contribution in [1.82, 2.24) is 15.5 Å². The van der Waals surface area contributed by atoms with Crippen LogP contribution in [0.2, 0.25) is 0 Å². The SMILES string of the molecule is CCNC(=NCc1ccc(OCC(F)(F)F)cc1)NC1CCN(C(C)C)CC1. The number of aliphatic imine (C=N–C) groups is 1. The Morgan fingerprint density at radius 2 is 1.86 bits per heavy atom. The highest BCUT2D eigenvalue weighted by molar-refractivity contribution is 5.80. The van der Waals surface area contributed by atoms with Crippen LogP contribution in [0.3, 0.4) is 0 Å². The summed E-state index contributed by atoms with van der Waals surface area (Å²) in [4.78, 5) is 7.08. The van der Waals surface area contributed by atoms with E-state index in [1.807, 2.05) is 6.92 Å². The molecule has 1 fully saturated rings. The zero-order chi connectivity index (χ0) is 20.6. The zero-order valence-electron chi connectivity index (χ0n) is 16.9. The van der Waals surface area contributed by atoms with Crippen LogP contribution in [0.15, 0.2) is 29.3 Å². The first-order valence-electron chi connectivity index (χ1n) is 9.84. The zero-order valence-corrected chi connectivity index (χ0v) is 16.9. The molecule has 1 aromatic carbocycles. The summed E-state index contributed by atoms with van der Waals surface area (Å²) >= 11 is 0. The van der Waals surface area contributed by atoms with Gasteiger partial charge in [-0.25, -0.2) is 4.99 Å². The summed E-state index contributed by atoms with van der Waals surface area (Å²) in [6, 6.07) is 7.52. The van der Waals surface area contributed by atoms with E-state index < -0.39 is 12.8 Å². The Kier molecular flexibility index (Phi) is 8.41. The monoisotopic (exact) mass is 400 g/mol. The normalized spacial score (nSPS) is 17.0. The number of halogens is 3. The van der Waals surface area contributed by atoms with E-state index in [0.29, 0.717) is 18.6 Å². The number of hydrogen-bond donors (Lipinski definition) is 2. The van der Waals surface area contributed by atoms with Gasteiger partial charge in [0.15, 0.2) is 12.6 Å². The highest BCUT2D eigenvalue weighted by Gasteiger charge is 2.28. The largest absolute Gasteiger partial charge is 0.484 e. The van der Waals surface area contributed by atoms with E-state index in [4.69, 9.17) is 4.74 Å². The first kappa shape index (κ1) is 22.3. The molecule has 1 saturated heterocycles. The van der Waals surface area contributed by atoms with Gasteiger partial charge in [-0.1, -0.05) is 12.1 Å². The Hall–Kier alpha value is -1.96. The number of piperidine rings is 1. The average molecular weight is 400 g/mol. The fraction of sp³-hybridized carbons (Fsp3) is 0.650. The molecule has 0 bridgehead atoms. The third kappa shape index (κ3) is 7.96. The summed E-state index contributed by atoms with van der Waals surface area (Å²) in [6.45, 7) is 8.54. The van der Waals surface area contributed by atoms with Crippen LogP contribution in [0.1, 0.15) is 39.2 Å². The number of alkyl halides is 3. The van der Waals surface area contributed by atoms with E-state index in [0.717, 1.165) is 44.0 Å². The maximum absolute atomic E-state index is 12.2. The van der Waals surface area contributed by atoms with Gasteiger partial charge in [0.2, 0.25) is 0 Å². The molecule has 28 heavy (non-hydrogen) atoms. The number of guanidine groups is 1. The maximum atomic E-state index is 12.2. The van der Waals surface area contributed by atoms with Crippen molar-refractivity contribution >= 4 is 5.96 Å². The van der Waals surface area contributed by atoms with Gasteiger partial charge in [0.05, 0.1) is 6.54 Å². The standard InChI is InChI=1S/C20H31F3N4O/c1-4-24-19(26-17-9-11-27(12-10-17)15(2)3)25-13-16-5-7-18(8-6-16)28-14-20(21,22)23/h5-8,15,17H,4,9-14H2,1-3H3,(H2,24,25,26). The highest BCUT2D eigenvalue weighted by atomic mass is 19.4. The number of rotatable bonds is 7. The van der Waals surface area contributed by atoms with E-state index in [1.165, 1.54) is 0 Å². The van der Waals surface area contributed by atoms with E-state index in [9.17, 15) is 13.2 Å². The first-order chi connectivity index (χ1) is 13.3. The summed E-state index contributed by atoms with van der Waals surface area (Å²) in [5, 5.41) is 6.76. The van der Waals surface area contributed by atoms with Gasteiger partial charge in [-0.2, -0.15) is 13.2 Å². The Balaban J connectivity index is 1.86. The minimum absolute atomic E-state index is 0.201. The van der Waals surface area contributed by atoms with Crippen molar-refractivity contribution in [3.05, 3.63) is 29.8 Å². The molecule has 2 rings (SSSR count). The van der Waals surface area contributed by atoms with Gasteiger partial charge in [0, 0.05) is 31.7 Å². The lowest BCUT2D eigenvalue weighted by Crippen LogP contribution is -2.49. The number of nitrogens with zero attached hydrogens (tertiary/aromatic N) is 2. The lowest BCUT2D eigenvalue weighted by atomic mass is 10.0. The summed E-state index contributed by atoms with van der Waals surface area (Å²) < 4.78 is 41.3. The van der Waals surface area contributed by atoms with Crippen LogP contribution in [0.25, 0.3) is 0 Å². The van der Waals surface area contributed by atoms with Crippen LogP contribution in [0, 0.1) is 0 Å². The molecule has 0 atom stereocenters. The van der Waals surface area contributed by atoms with Crippen LogP contribution in [0.4, 0.5) is 13.2 Å². The van der Waals surface area contributed by atoms with E-state index in [1.54, 1.807) is 24.3 Å². The summed E-state index contributed by atoms with van der Waals surface area (Å²) in [5.41, 5.74) is 0.909. The van der Waals surface area contributed by atoms with Crippen molar-refractivity contribution in [2.75, 3.05) is 26.2 Å². The molecule has 1 heterocycles. The number of ether oxygens (including phenoxy) is 1. The quantitative estimate of drug-likeness (QED) is 0.543. The molecule has 158 valence electrons. The van der Waals surface area contributed by atoms with Gasteiger partial charge in [-0.15, -0.1) is 0 Å². The van der Waals surface area contributed by atoms with E-state index >= 15 is 0 Å². The average Bonchev–Trinajstić information content (AvgIpc) is 2.65. The molecule has 0 aromatic heterocycles. The molecule has 0 spiro atoms. The Bertz CT molecular complexity index is 609. The van der Waals surface area contributed by atoms with Crippen molar-refractivity contribution in [1.29, 1.82) is 0 Å². The van der Waals surface area contributed by atoms with Crippen LogP contribution >= 0.6 is 0 Å². The fourth-order valence-electron chi connectivity index (χ4n) is 3.10. The fourth-order valence-corrected chi connectivity index (χ4v) is 3.10. The van der Waals surface area contributed by atoms with Gasteiger partial charge in [-0.05, 0) is 51.3 Å². The van der Waals surface area contributed by atoms with Gasteiger partial charge >= 0.3 is 6.18 Å². The molecule has 2 N–H and O–H groups in total.